The fourth-order valence-electron chi connectivity index (χ4n) is 2.04. The average molecular weight is 232 g/mol. The molecule has 1 atom stereocenters. The highest BCUT2D eigenvalue weighted by molar-refractivity contribution is 7.98. The largest absolute Gasteiger partial charge is 0.311 e. The van der Waals surface area contributed by atoms with Crippen LogP contribution in [0.4, 0.5) is 0 Å². The van der Waals surface area contributed by atoms with Gasteiger partial charge in [0.25, 0.3) is 0 Å². The van der Waals surface area contributed by atoms with Gasteiger partial charge in [0.2, 0.25) is 0 Å². The lowest BCUT2D eigenvalue weighted by atomic mass is 10.0. The predicted molar refractivity (Wildman–Crippen MR) is 72.8 cm³/mol. The Morgan fingerprint density at radius 3 is 2.33 bits per heavy atom. The molecule has 0 aromatic rings. The molecule has 0 amide bonds. The molecule has 0 bridgehead atoms. The topological polar surface area (TPSA) is 15.3 Å². The van der Waals surface area contributed by atoms with E-state index in [1.165, 1.54) is 12.2 Å². The van der Waals surface area contributed by atoms with Crippen LogP contribution in [-0.2, 0) is 0 Å². The van der Waals surface area contributed by atoms with E-state index in [0.717, 1.165) is 13.1 Å². The van der Waals surface area contributed by atoms with Gasteiger partial charge in [-0.3, -0.25) is 0 Å². The standard InChI is InChI=1S/C12H28N2S/c1-7-11(9-15-6)14(5)10-12(3,4)13-8-2/h11,13H,7-10H2,1-6H3. The maximum atomic E-state index is 3.53. The van der Waals surface area contributed by atoms with Crippen molar-refractivity contribution in [3.8, 4) is 0 Å². The van der Waals surface area contributed by atoms with Crippen LogP contribution in [0.5, 0.6) is 0 Å². The quantitative estimate of drug-likeness (QED) is 0.692. The second kappa shape index (κ2) is 7.53. The Balaban J connectivity index is 4.12. The van der Waals surface area contributed by atoms with Gasteiger partial charge in [0, 0.05) is 23.9 Å². The van der Waals surface area contributed by atoms with Gasteiger partial charge >= 0.3 is 0 Å². The number of hydrogen-bond donors (Lipinski definition) is 1. The summed E-state index contributed by atoms with van der Waals surface area (Å²) in [6.07, 6.45) is 3.42. The Hall–Kier alpha value is 0.270. The maximum absolute atomic E-state index is 3.53. The van der Waals surface area contributed by atoms with E-state index in [2.05, 4.69) is 51.2 Å². The Morgan fingerprint density at radius 1 is 1.33 bits per heavy atom. The van der Waals surface area contributed by atoms with E-state index in [4.69, 9.17) is 0 Å². The van der Waals surface area contributed by atoms with E-state index in [1.807, 2.05) is 11.8 Å². The molecular formula is C12H28N2S. The van der Waals surface area contributed by atoms with Gasteiger partial charge in [0.1, 0.15) is 0 Å². The smallest absolute Gasteiger partial charge is 0.0252 e. The number of thioether (sulfide) groups is 1. The molecule has 0 aliphatic rings. The maximum Gasteiger partial charge on any atom is 0.0252 e. The van der Waals surface area contributed by atoms with E-state index < -0.39 is 0 Å². The monoisotopic (exact) mass is 232 g/mol. The van der Waals surface area contributed by atoms with Crippen LogP contribution in [0.1, 0.15) is 34.1 Å². The Bertz CT molecular complexity index is 160. The molecule has 0 aromatic carbocycles. The lowest BCUT2D eigenvalue weighted by Gasteiger charge is -2.35. The summed E-state index contributed by atoms with van der Waals surface area (Å²) in [5.74, 6) is 1.23. The summed E-state index contributed by atoms with van der Waals surface area (Å²) in [6.45, 7) is 11.1. The van der Waals surface area contributed by atoms with Crippen molar-refractivity contribution in [2.45, 2.75) is 45.7 Å². The summed E-state index contributed by atoms with van der Waals surface area (Å²) in [5, 5.41) is 3.53. The summed E-state index contributed by atoms with van der Waals surface area (Å²) in [5.41, 5.74) is 0.218. The van der Waals surface area contributed by atoms with Crippen molar-refractivity contribution in [1.82, 2.24) is 10.2 Å². The van der Waals surface area contributed by atoms with Crippen molar-refractivity contribution in [3.63, 3.8) is 0 Å². The first-order valence-corrected chi connectivity index (χ1v) is 7.30. The molecule has 3 heteroatoms. The third-order valence-corrected chi connectivity index (χ3v) is 3.47. The van der Waals surface area contributed by atoms with Gasteiger partial charge in [-0.05, 0) is 40.1 Å². The second-order valence-electron chi connectivity index (χ2n) is 4.85. The minimum Gasteiger partial charge on any atom is -0.311 e. The molecule has 0 saturated carbocycles. The molecule has 0 heterocycles. The molecule has 0 spiro atoms. The van der Waals surface area contributed by atoms with E-state index in [9.17, 15) is 0 Å². The third-order valence-electron chi connectivity index (χ3n) is 2.75. The van der Waals surface area contributed by atoms with Crippen LogP contribution in [0.25, 0.3) is 0 Å². The fourth-order valence-corrected chi connectivity index (χ4v) is 2.91. The number of nitrogens with one attached hydrogen (secondary N) is 1. The lowest BCUT2D eigenvalue weighted by molar-refractivity contribution is 0.191. The summed E-state index contributed by atoms with van der Waals surface area (Å²) >= 11 is 1.94. The first kappa shape index (κ1) is 15.3. The van der Waals surface area contributed by atoms with Crippen LogP contribution in [0.3, 0.4) is 0 Å². The van der Waals surface area contributed by atoms with E-state index in [1.54, 1.807) is 0 Å². The van der Waals surface area contributed by atoms with Crippen LogP contribution >= 0.6 is 11.8 Å². The molecular weight excluding hydrogens is 204 g/mol. The van der Waals surface area contributed by atoms with Gasteiger partial charge in [-0.1, -0.05) is 13.8 Å². The van der Waals surface area contributed by atoms with Crippen molar-refractivity contribution in [3.05, 3.63) is 0 Å². The summed E-state index contributed by atoms with van der Waals surface area (Å²) in [7, 11) is 2.24. The highest BCUT2D eigenvalue weighted by Crippen LogP contribution is 2.12. The Morgan fingerprint density at radius 2 is 1.93 bits per heavy atom. The van der Waals surface area contributed by atoms with Crippen molar-refractivity contribution >= 4 is 11.8 Å². The highest BCUT2D eigenvalue weighted by Gasteiger charge is 2.22. The second-order valence-corrected chi connectivity index (χ2v) is 5.76. The number of nitrogens with zero attached hydrogens (tertiary/aromatic N) is 1. The fraction of sp³-hybridized carbons (Fsp3) is 1.00. The number of hydrogen-bond acceptors (Lipinski definition) is 3. The summed E-state index contributed by atoms with van der Waals surface area (Å²) in [6, 6.07) is 0.706. The van der Waals surface area contributed by atoms with E-state index in [0.29, 0.717) is 6.04 Å². The first-order valence-electron chi connectivity index (χ1n) is 5.91. The molecule has 0 fully saturated rings. The predicted octanol–water partition coefficient (Wildman–Crippen LogP) is 2.45. The molecule has 0 rings (SSSR count). The van der Waals surface area contributed by atoms with E-state index >= 15 is 0 Å². The molecule has 1 unspecified atom stereocenters. The molecule has 15 heavy (non-hydrogen) atoms. The van der Waals surface area contributed by atoms with Gasteiger partial charge in [-0.15, -0.1) is 0 Å². The SMILES string of the molecule is CCNC(C)(C)CN(C)C(CC)CSC. The average Bonchev–Trinajstić information content (AvgIpc) is 2.12. The van der Waals surface area contributed by atoms with Crippen LogP contribution < -0.4 is 5.32 Å². The van der Waals surface area contributed by atoms with E-state index in [-0.39, 0.29) is 5.54 Å². The van der Waals surface area contributed by atoms with Crippen LogP contribution in [0.2, 0.25) is 0 Å². The van der Waals surface area contributed by atoms with Gasteiger partial charge in [-0.2, -0.15) is 11.8 Å². The zero-order valence-electron chi connectivity index (χ0n) is 11.3. The molecule has 1 N–H and O–H groups in total. The molecule has 2 nitrogen and oxygen atoms in total. The van der Waals surface area contributed by atoms with Crippen LogP contribution in [0.15, 0.2) is 0 Å². The third kappa shape index (κ3) is 6.44. The zero-order chi connectivity index (χ0) is 11.9. The van der Waals surface area contributed by atoms with Gasteiger partial charge in [0.05, 0.1) is 0 Å². The summed E-state index contributed by atoms with van der Waals surface area (Å²) in [4.78, 5) is 2.49. The first-order chi connectivity index (χ1) is 6.96. The van der Waals surface area contributed by atoms with Crippen molar-refractivity contribution in [2.75, 3.05) is 32.1 Å². The lowest BCUT2D eigenvalue weighted by Crippen LogP contribution is -2.50. The minimum absolute atomic E-state index is 0.218. The molecule has 0 aliphatic carbocycles. The molecule has 0 aliphatic heterocycles. The Labute approximate surface area is 100 Å². The van der Waals surface area contributed by atoms with Crippen LogP contribution in [-0.4, -0.2) is 48.6 Å². The van der Waals surface area contributed by atoms with Crippen molar-refractivity contribution in [1.29, 1.82) is 0 Å². The molecule has 0 aromatic heterocycles. The summed E-state index contributed by atoms with van der Waals surface area (Å²) < 4.78 is 0. The van der Waals surface area contributed by atoms with Crippen molar-refractivity contribution < 1.29 is 0 Å². The Kier molecular flexibility index (Phi) is 7.66. The van der Waals surface area contributed by atoms with Crippen LogP contribution in [0, 0.1) is 0 Å². The van der Waals surface area contributed by atoms with Crippen molar-refractivity contribution in [2.24, 2.45) is 0 Å². The molecule has 0 radical (unpaired) electrons. The van der Waals surface area contributed by atoms with Gasteiger partial charge < -0.3 is 10.2 Å². The highest BCUT2D eigenvalue weighted by atomic mass is 32.2. The molecule has 92 valence electrons. The zero-order valence-corrected chi connectivity index (χ0v) is 12.1. The van der Waals surface area contributed by atoms with Gasteiger partial charge in [-0.25, -0.2) is 0 Å². The minimum atomic E-state index is 0.218. The normalized spacial score (nSPS) is 14.6. The molecule has 0 saturated heterocycles. The number of likely N-dealkylation sites (N-methyl/N-ethyl adjacent to an activating group) is 2. The van der Waals surface area contributed by atoms with Gasteiger partial charge in [0.15, 0.2) is 0 Å². The number of rotatable bonds is 8.